The van der Waals surface area contributed by atoms with Crippen molar-refractivity contribution in [3.8, 4) is 0 Å². The molecule has 20 heavy (non-hydrogen) atoms. The molecule has 0 heterocycles. The second-order valence-corrected chi connectivity index (χ2v) is 6.04. The van der Waals surface area contributed by atoms with Crippen molar-refractivity contribution in [2.45, 2.75) is 19.9 Å². The second-order valence-electron chi connectivity index (χ2n) is 4.82. The highest BCUT2D eigenvalue weighted by Gasteiger charge is 2.20. The molecule has 4 heteroatoms. The molecule has 2 rings (SSSR count). The number of nitrogens with one attached hydrogen (secondary N) is 1. The van der Waals surface area contributed by atoms with Crippen molar-refractivity contribution in [1.82, 2.24) is 5.32 Å². The van der Waals surface area contributed by atoms with Gasteiger partial charge in [0, 0.05) is 20.6 Å². The van der Waals surface area contributed by atoms with E-state index in [9.17, 15) is 0 Å². The minimum absolute atomic E-state index is 0.0628. The number of benzene rings is 2. The van der Waals surface area contributed by atoms with Gasteiger partial charge < -0.3 is 5.32 Å². The van der Waals surface area contributed by atoms with Crippen LogP contribution in [0, 0.1) is 13.8 Å². The molecule has 0 amide bonds. The van der Waals surface area contributed by atoms with Crippen molar-refractivity contribution in [3.63, 3.8) is 0 Å². The summed E-state index contributed by atoms with van der Waals surface area (Å²) in [7, 11) is 1.90. The summed E-state index contributed by atoms with van der Waals surface area (Å²) in [6.45, 7) is 4.03. The van der Waals surface area contributed by atoms with Crippen molar-refractivity contribution in [3.05, 3.63) is 67.7 Å². The zero-order valence-electron chi connectivity index (χ0n) is 11.6. The Labute approximate surface area is 134 Å². The van der Waals surface area contributed by atoms with Gasteiger partial charge in [0.15, 0.2) is 0 Å². The van der Waals surface area contributed by atoms with Gasteiger partial charge >= 0.3 is 0 Å². The Morgan fingerprint density at radius 1 is 0.900 bits per heavy atom. The largest absolute Gasteiger partial charge is 0.309 e. The van der Waals surface area contributed by atoms with E-state index in [-0.39, 0.29) is 6.04 Å². The van der Waals surface area contributed by atoms with Crippen LogP contribution in [-0.2, 0) is 0 Å². The summed E-state index contributed by atoms with van der Waals surface area (Å²) in [4.78, 5) is 0. The van der Waals surface area contributed by atoms with Gasteiger partial charge in [0.1, 0.15) is 0 Å². The molecule has 0 bridgehead atoms. The van der Waals surface area contributed by atoms with Crippen LogP contribution in [0.25, 0.3) is 0 Å². The van der Waals surface area contributed by atoms with Gasteiger partial charge in [0.05, 0.1) is 6.04 Å². The molecule has 0 saturated carbocycles. The number of aryl methyl sites for hydroxylation is 2. The van der Waals surface area contributed by atoms with E-state index in [1.165, 1.54) is 0 Å². The number of rotatable bonds is 3. The van der Waals surface area contributed by atoms with E-state index in [0.29, 0.717) is 10.0 Å². The van der Waals surface area contributed by atoms with Gasteiger partial charge in [-0.25, -0.2) is 0 Å². The molecule has 2 aromatic carbocycles. The lowest BCUT2D eigenvalue weighted by Crippen LogP contribution is -2.19. The van der Waals surface area contributed by atoms with E-state index >= 15 is 0 Å². The summed E-state index contributed by atoms with van der Waals surface area (Å²) >= 11 is 18.8. The number of hydrogen-bond acceptors (Lipinski definition) is 1. The van der Waals surface area contributed by atoms with Crippen molar-refractivity contribution in [2.75, 3.05) is 7.05 Å². The second kappa shape index (κ2) is 6.36. The minimum atomic E-state index is -0.0628. The first-order valence-electron chi connectivity index (χ1n) is 6.33. The molecule has 2 aromatic rings. The lowest BCUT2D eigenvalue weighted by molar-refractivity contribution is 0.687. The van der Waals surface area contributed by atoms with Crippen LogP contribution in [0.5, 0.6) is 0 Å². The first-order chi connectivity index (χ1) is 9.45. The summed E-state index contributed by atoms with van der Waals surface area (Å²) < 4.78 is 0. The normalized spacial score (nSPS) is 12.5. The molecule has 1 N–H and O–H groups in total. The molecule has 0 aromatic heterocycles. The predicted molar refractivity (Wildman–Crippen MR) is 88.3 cm³/mol. The first-order valence-corrected chi connectivity index (χ1v) is 7.47. The molecule has 1 atom stereocenters. The average Bonchev–Trinajstić information content (AvgIpc) is 2.39. The van der Waals surface area contributed by atoms with Crippen molar-refractivity contribution >= 4 is 34.8 Å². The maximum absolute atomic E-state index is 6.33. The van der Waals surface area contributed by atoms with Crippen LogP contribution >= 0.6 is 34.8 Å². The summed E-state index contributed by atoms with van der Waals surface area (Å²) in [5.74, 6) is 0. The molecule has 0 aliphatic carbocycles. The first kappa shape index (κ1) is 15.7. The number of hydrogen-bond donors (Lipinski definition) is 1. The van der Waals surface area contributed by atoms with Gasteiger partial charge in [-0.1, -0.05) is 46.9 Å². The van der Waals surface area contributed by atoms with E-state index in [4.69, 9.17) is 34.8 Å². The third kappa shape index (κ3) is 2.96. The van der Waals surface area contributed by atoms with Crippen LogP contribution in [0.4, 0.5) is 0 Å². The third-order valence-corrected chi connectivity index (χ3v) is 4.50. The van der Waals surface area contributed by atoms with Gasteiger partial charge in [-0.15, -0.1) is 0 Å². The molecule has 0 fully saturated rings. The Morgan fingerprint density at radius 2 is 1.50 bits per heavy atom. The zero-order valence-corrected chi connectivity index (χ0v) is 13.9. The molecule has 0 radical (unpaired) electrons. The fourth-order valence-electron chi connectivity index (χ4n) is 2.36. The Morgan fingerprint density at radius 3 is 2.05 bits per heavy atom. The van der Waals surface area contributed by atoms with Crippen molar-refractivity contribution in [2.24, 2.45) is 0 Å². The van der Waals surface area contributed by atoms with Crippen LogP contribution in [0.15, 0.2) is 30.3 Å². The summed E-state index contributed by atoms with van der Waals surface area (Å²) in [6.07, 6.45) is 0. The van der Waals surface area contributed by atoms with Crippen LogP contribution in [-0.4, -0.2) is 7.05 Å². The van der Waals surface area contributed by atoms with Gasteiger partial charge in [-0.05, 0) is 55.8 Å². The lowest BCUT2D eigenvalue weighted by Gasteiger charge is -2.22. The molecule has 0 saturated heterocycles. The monoisotopic (exact) mass is 327 g/mol. The molecule has 106 valence electrons. The van der Waals surface area contributed by atoms with Crippen molar-refractivity contribution in [1.29, 1.82) is 0 Å². The van der Waals surface area contributed by atoms with Gasteiger partial charge in [-0.3, -0.25) is 0 Å². The zero-order chi connectivity index (χ0) is 14.9. The highest BCUT2D eigenvalue weighted by atomic mass is 35.5. The van der Waals surface area contributed by atoms with Gasteiger partial charge in [0.25, 0.3) is 0 Å². The maximum atomic E-state index is 6.33. The molecule has 0 aliphatic heterocycles. The molecular weight excluding hydrogens is 313 g/mol. The van der Waals surface area contributed by atoms with E-state index in [1.807, 2.05) is 45.2 Å². The fraction of sp³-hybridized carbons (Fsp3) is 0.250. The Balaban J connectivity index is 2.62. The molecule has 0 aliphatic rings. The SMILES string of the molecule is CNC(c1cc(C)c(Cl)cc1C)c1c(Cl)cccc1Cl. The van der Waals surface area contributed by atoms with Gasteiger partial charge in [0.2, 0.25) is 0 Å². The molecule has 1 nitrogen and oxygen atoms in total. The average molecular weight is 329 g/mol. The Bertz CT molecular complexity index is 618. The van der Waals surface area contributed by atoms with Crippen LogP contribution < -0.4 is 5.32 Å². The standard InChI is InChI=1S/C16H16Cl3N/c1-9-8-14(19)10(2)7-11(9)16(20-3)15-12(17)5-4-6-13(15)18/h4-8,16,20H,1-3H3. The fourth-order valence-corrected chi connectivity index (χ4v) is 3.19. The highest BCUT2D eigenvalue weighted by molar-refractivity contribution is 6.36. The Hall–Kier alpha value is -0.730. The van der Waals surface area contributed by atoms with Gasteiger partial charge in [-0.2, -0.15) is 0 Å². The minimum Gasteiger partial charge on any atom is -0.309 e. The van der Waals surface area contributed by atoms with E-state index < -0.39 is 0 Å². The summed E-state index contributed by atoms with van der Waals surface area (Å²) in [5, 5.41) is 5.37. The van der Waals surface area contributed by atoms with E-state index in [2.05, 4.69) is 11.4 Å². The maximum Gasteiger partial charge on any atom is 0.0606 e. The predicted octanol–water partition coefficient (Wildman–Crippen LogP) is 5.57. The van der Waals surface area contributed by atoms with E-state index in [0.717, 1.165) is 27.3 Å². The molecule has 1 unspecified atom stereocenters. The third-order valence-electron chi connectivity index (χ3n) is 3.44. The van der Waals surface area contributed by atoms with E-state index in [1.54, 1.807) is 0 Å². The highest BCUT2D eigenvalue weighted by Crippen LogP contribution is 2.36. The smallest absolute Gasteiger partial charge is 0.0606 e. The van der Waals surface area contributed by atoms with Crippen molar-refractivity contribution < 1.29 is 0 Å². The lowest BCUT2D eigenvalue weighted by atomic mass is 9.93. The topological polar surface area (TPSA) is 12.0 Å². The van der Waals surface area contributed by atoms with Crippen LogP contribution in [0.2, 0.25) is 15.1 Å². The number of halogens is 3. The molecule has 0 spiro atoms. The Kier molecular flexibility index (Phi) is 4.98. The summed E-state index contributed by atoms with van der Waals surface area (Å²) in [5.41, 5.74) is 4.17. The molecular formula is C16H16Cl3N. The van der Waals surface area contributed by atoms with Crippen LogP contribution in [0.3, 0.4) is 0 Å². The van der Waals surface area contributed by atoms with Crippen LogP contribution in [0.1, 0.15) is 28.3 Å². The summed E-state index contributed by atoms with van der Waals surface area (Å²) in [6, 6.07) is 9.55. The quantitative estimate of drug-likeness (QED) is 0.776.